The van der Waals surface area contributed by atoms with Crippen LogP contribution in [-0.4, -0.2) is 0 Å². The van der Waals surface area contributed by atoms with Crippen molar-refractivity contribution in [2.45, 2.75) is 44.8 Å². The van der Waals surface area contributed by atoms with Crippen LogP contribution in [0.4, 0.5) is 13.2 Å². The number of rotatable bonds is 3. The topological polar surface area (TPSA) is 38.0 Å². The lowest BCUT2D eigenvalue weighted by Crippen LogP contribution is -2.38. The molecule has 5 heteroatoms. The van der Waals surface area contributed by atoms with E-state index in [1.54, 1.807) is 0 Å². The van der Waals surface area contributed by atoms with Crippen LogP contribution in [0.3, 0.4) is 0 Å². The zero-order valence-corrected chi connectivity index (χ0v) is 10.9. The van der Waals surface area contributed by atoms with Crippen LogP contribution in [0.2, 0.25) is 0 Å². The van der Waals surface area contributed by atoms with Gasteiger partial charge in [0, 0.05) is 0 Å². The molecule has 1 unspecified atom stereocenters. The zero-order chi connectivity index (χ0) is 14.1. The Hall–Kier alpha value is -1.07. The van der Waals surface area contributed by atoms with Crippen LogP contribution < -0.4 is 11.3 Å². The number of nitrogens with one attached hydrogen (secondary N) is 1. The van der Waals surface area contributed by atoms with Gasteiger partial charge in [-0.05, 0) is 36.0 Å². The number of hydrogen-bond donors (Lipinski definition) is 2. The lowest BCUT2D eigenvalue weighted by molar-refractivity contribution is -0.137. The second-order valence-corrected chi connectivity index (χ2v) is 5.58. The highest BCUT2D eigenvalue weighted by Gasteiger charge is 2.38. The third-order valence-electron chi connectivity index (χ3n) is 4.18. The molecule has 1 aromatic rings. The molecule has 1 aliphatic carbocycles. The Morgan fingerprint density at radius 3 is 2.11 bits per heavy atom. The summed E-state index contributed by atoms with van der Waals surface area (Å²) in [4.78, 5) is 0. The van der Waals surface area contributed by atoms with Crippen LogP contribution in [0.15, 0.2) is 24.3 Å². The lowest BCUT2D eigenvalue weighted by Gasteiger charge is -2.34. The Labute approximate surface area is 111 Å². The third kappa shape index (κ3) is 2.92. The maximum Gasteiger partial charge on any atom is 0.416 e. The molecule has 3 N–H and O–H groups in total. The molecule has 2 nitrogen and oxygen atoms in total. The Bertz CT molecular complexity index is 419. The van der Waals surface area contributed by atoms with Crippen LogP contribution in [-0.2, 0) is 6.18 Å². The van der Waals surface area contributed by atoms with Crippen molar-refractivity contribution in [2.24, 2.45) is 11.3 Å². The monoisotopic (exact) mass is 272 g/mol. The van der Waals surface area contributed by atoms with E-state index in [-0.39, 0.29) is 11.5 Å². The lowest BCUT2D eigenvalue weighted by atomic mass is 9.77. The van der Waals surface area contributed by atoms with Gasteiger partial charge in [-0.1, -0.05) is 31.9 Å². The van der Waals surface area contributed by atoms with Crippen molar-refractivity contribution in [1.82, 2.24) is 5.43 Å². The summed E-state index contributed by atoms with van der Waals surface area (Å²) >= 11 is 0. The van der Waals surface area contributed by atoms with Gasteiger partial charge in [-0.25, -0.2) is 0 Å². The Morgan fingerprint density at radius 1 is 1.16 bits per heavy atom. The van der Waals surface area contributed by atoms with Crippen molar-refractivity contribution in [3.05, 3.63) is 35.4 Å². The summed E-state index contributed by atoms with van der Waals surface area (Å²) in [6.07, 6.45) is 0.0951. The quantitative estimate of drug-likeness (QED) is 0.649. The Kier molecular flexibility index (Phi) is 3.87. The molecule has 106 valence electrons. The summed E-state index contributed by atoms with van der Waals surface area (Å²) in [6, 6.07) is 5.20. The van der Waals surface area contributed by atoms with Gasteiger partial charge in [0.2, 0.25) is 0 Å². The van der Waals surface area contributed by atoms with E-state index in [1.165, 1.54) is 12.1 Å². The van der Waals surface area contributed by atoms with E-state index in [0.717, 1.165) is 43.4 Å². The fourth-order valence-corrected chi connectivity index (χ4v) is 3.04. The minimum Gasteiger partial charge on any atom is -0.271 e. The summed E-state index contributed by atoms with van der Waals surface area (Å²) in [6.45, 7) is 2.14. The van der Waals surface area contributed by atoms with Crippen LogP contribution in [0.25, 0.3) is 0 Å². The molecule has 1 aromatic carbocycles. The summed E-state index contributed by atoms with van der Waals surface area (Å²) in [5.41, 5.74) is 3.00. The standard InChI is InChI=1S/C14H19F3N2/c1-13(8-2-3-9-13)12(19-18)10-4-6-11(7-5-10)14(15,16)17/h4-7,12,19H,2-3,8-9,18H2,1H3. The minimum absolute atomic E-state index is 0.0223. The van der Waals surface area contributed by atoms with Crippen LogP contribution >= 0.6 is 0 Å². The molecule has 0 bridgehead atoms. The molecule has 2 rings (SSSR count). The summed E-state index contributed by atoms with van der Waals surface area (Å²) in [7, 11) is 0. The normalized spacial score (nSPS) is 20.5. The molecular weight excluding hydrogens is 253 g/mol. The number of hydrazine groups is 1. The second-order valence-electron chi connectivity index (χ2n) is 5.58. The molecule has 0 radical (unpaired) electrons. The van der Waals surface area contributed by atoms with Gasteiger partial charge in [-0.15, -0.1) is 0 Å². The molecule has 0 aliphatic heterocycles. The SMILES string of the molecule is CC1(C(NN)c2ccc(C(F)(F)F)cc2)CCCC1. The highest BCUT2D eigenvalue weighted by Crippen LogP contribution is 2.47. The number of halogens is 3. The van der Waals surface area contributed by atoms with Gasteiger partial charge in [0.25, 0.3) is 0 Å². The molecule has 1 saturated carbocycles. The Balaban J connectivity index is 2.24. The number of benzene rings is 1. The molecule has 0 amide bonds. The van der Waals surface area contributed by atoms with Crippen molar-refractivity contribution in [2.75, 3.05) is 0 Å². The van der Waals surface area contributed by atoms with E-state index in [1.807, 2.05) is 0 Å². The number of nitrogens with two attached hydrogens (primary N) is 1. The van der Waals surface area contributed by atoms with E-state index in [4.69, 9.17) is 5.84 Å². The summed E-state index contributed by atoms with van der Waals surface area (Å²) in [5, 5.41) is 0. The van der Waals surface area contributed by atoms with Gasteiger partial charge in [0.05, 0.1) is 11.6 Å². The average molecular weight is 272 g/mol. The van der Waals surface area contributed by atoms with Crippen molar-refractivity contribution < 1.29 is 13.2 Å². The first-order valence-corrected chi connectivity index (χ1v) is 6.50. The average Bonchev–Trinajstić information content (AvgIpc) is 2.77. The predicted octanol–water partition coefficient (Wildman–Crippen LogP) is 3.79. The molecule has 1 fully saturated rings. The number of alkyl halides is 3. The largest absolute Gasteiger partial charge is 0.416 e. The van der Waals surface area contributed by atoms with Crippen LogP contribution in [0.5, 0.6) is 0 Å². The highest BCUT2D eigenvalue weighted by atomic mass is 19.4. The molecule has 0 aromatic heterocycles. The minimum atomic E-state index is -4.29. The van der Waals surface area contributed by atoms with Gasteiger partial charge >= 0.3 is 6.18 Å². The Morgan fingerprint density at radius 2 is 1.68 bits per heavy atom. The molecule has 0 heterocycles. The van der Waals surface area contributed by atoms with Gasteiger partial charge < -0.3 is 0 Å². The van der Waals surface area contributed by atoms with E-state index < -0.39 is 11.7 Å². The molecular formula is C14H19F3N2. The number of hydrogen-bond acceptors (Lipinski definition) is 2. The zero-order valence-electron chi connectivity index (χ0n) is 10.9. The van der Waals surface area contributed by atoms with Gasteiger partial charge in [-0.3, -0.25) is 11.3 Å². The molecule has 19 heavy (non-hydrogen) atoms. The highest BCUT2D eigenvalue weighted by molar-refractivity contribution is 5.28. The molecule has 1 aliphatic rings. The second kappa shape index (κ2) is 5.13. The van der Waals surface area contributed by atoms with E-state index in [0.29, 0.717) is 0 Å². The maximum atomic E-state index is 12.5. The summed E-state index contributed by atoms with van der Waals surface area (Å²) in [5.74, 6) is 5.62. The van der Waals surface area contributed by atoms with Crippen molar-refractivity contribution in [3.63, 3.8) is 0 Å². The van der Waals surface area contributed by atoms with E-state index >= 15 is 0 Å². The van der Waals surface area contributed by atoms with Gasteiger partial charge in [-0.2, -0.15) is 13.2 Å². The predicted molar refractivity (Wildman–Crippen MR) is 68.1 cm³/mol. The van der Waals surface area contributed by atoms with Crippen molar-refractivity contribution in [3.8, 4) is 0 Å². The third-order valence-corrected chi connectivity index (χ3v) is 4.18. The molecule has 0 saturated heterocycles. The fraction of sp³-hybridized carbons (Fsp3) is 0.571. The fourth-order valence-electron chi connectivity index (χ4n) is 3.04. The first-order chi connectivity index (χ1) is 8.87. The first kappa shape index (κ1) is 14.3. The van der Waals surface area contributed by atoms with Crippen molar-refractivity contribution >= 4 is 0 Å². The van der Waals surface area contributed by atoms with Crippen LogP contribution in [0, 0.1) is 5.41 Å². The van der Waals surface area contributed by atoms with Gasteiger partial charge in [0.1, 0.15) is 0 Å². The molecule has 1 atom stereocenters. The van der Waals surface area contributed by atoms with Crippen molar-refractivity contribution in [1.29, 1.82) is 0 Å². The summed E-state index contributed by atoms with van der Waals surface area (Å²) < 4.78 is 37.6. The maximum absolute atomic E-state index is 12.5. The van der Waals surface area contributed by atoms with Crippen LogP contribution in [0.1, 0.15) is 49.8 Å². The first-order valence-electron chi connectivity index (χ1n) is 6.50. The smallest absolute Gasteiger partial charge is 0.271 e. The van der Waals surface area contributed by atoms with Gasteiger partial charge in [0.15, 0.2) is 0 Å². The van der Waals surface area contributed by atoms with E-state index in [9.17, 15) is 13.2 Å². The van der Waals surface area contributed by atoms with E-state index in [2.05, 4.69) is 12.3 Å². The molecule has 0 spiro atoms.